The van der Waals surface area contributed by atoms with Gasteiger partial charge in [-0.3, -0.25) is 34.0 Å². The molecule has 0 aliphatic carbocycles. The largest absolute Gasteiger partial charge is 0.280 e. The van der Waals surface area contributed by atoms with Gasteiger partial charge in [0, 0.05) is 32.1 Å². The molecular weight excluding hydrogens is 412 g/mol. The van der Waals surface area contributed by atoms with Crippen molar-refractivity contribution in [2.24, 2.45) is 0 Å². The molecule has 0 bridgehead atoms. The average molecular weight is 428 g/mol. The van der Waals surface area contributed by atoms with Gasteiger partial charge >= 0.3 is 0 Å². The van der Waals surface area contributed by atoms with Crippen LogP contribution in [0.3, 0.4) is 0 Å². The molecule has 4 amide bonds. The highest BCUT2D eigenvalue weighted by Crippen LogP contribution is 2.24. The van der Waals surface area contributed by atoms with Gasteiger partial charge in [0.25, 0.3) is 11.8 Å². The molecule has 1 fully saturated rings. The van der Waals surface area contributed by atoms with Crippen LogP contribution >= 0.6 is 0 Å². The maximum atomic E-state index is 12.5. The van der Waals surface area contributed by atoms with Crippen LogP contribution in [0.1, 0.15) is 33.7 Å². The summed E-state index contributed by atoms with van der Waals surface area (Å²) < 4.78 is 27.3. The number of benzene rings is 1. The fourth-order valence-electron chi connectivity index (χ4n) is 3.33. The zero-order chi connectivity index (χ0) is 21.5. The van der Waals surface area contributed by atoms with Crippen LogP contribution in [0.4, 0.5) is 5.69 Å². The number of aromatic nitrogens is 1. The van der Waals surface area contributed by atoms with Crippen LogP contribution in [-0.2, 0) is 19.6 Å². The predicted molar refractivity (Wildman–Crippen MR) is 103 cm³/mol. The standard InChI is InChI=1S/C19H16N4O6S/c24-15-7-8-16(25)23(15)12-3-5-13(6-4-12)30(28,29)21-10-11-22-18(26)14-2-1-9-20-17(14)19(22)27/h1-6,9,21H,7-8,10-11H2. The Kier molecular flexibility index (Phi) is 4.92. The molecule has 2 aromatic rings. The minimum absolute atomic E-state index is 0.0481. The first-order chi connectivity index (χ1) is 14.3. The molecule has 0 unspecified atom stereocenters. The van der Waals surface area contributed by atoms with Crippen molar-refractivity contribution in [3.63, 3.8) is 0 Å². The molecule has 10 nitrogen and oxygen atoms in total. The Balaban J connectivity index is 1.41. The minimum Gasteiger partial charge on any atom is -0.274 e. The zero-order valence-electron chi connectivity index (χ0n) is 15.6. The zero-order valence-corrected chi connectivity index (χ0v) is 16.4. The van der Waals surface area contributed by atoms with Gasteiger partial charge in [0.2, 0.25) is 21.8 Å². The van der Waals surface area contributed by atoms with Crippen molar-refractivity contribution in [3.05, 3.63) is 53.9 Å². The molecule has 1 aromatic heterocycles. The Bertz CT molecular complexity index is 1120. The average Bonchev–Trinajstić information content (AvgIpc) is 3.19. The number of hydrogen-bond donors (Lipinski definition) is 1. The van der Waals surface area contributed by atoms with Gasteiger partial charge in [-0.15, -0.1) is 0 Å². The van der Waals surface area contributed by atoms with Gasteiger partial charge in [0.1, 0.15) is 5.69 Å². The summed E-state index contributed by atoms with van der Waals surface area (Å²) in [6, 6.07) is 8.36. The second kappa shape index (κ2) is 7.43. The third-order valence-corrected chi connectivity index (χ3v) is 6.29. The van der Waals surface area contributed by atoms with Crippen LogP contribution in [0, 0.1) is 0 Å². The van der Waals surface area contributed by atoms with Crippen molar-refractivity contribution >= 4 is 39.3 Å². The van der Waals surface area contributed by atoms with Gasteiger partial charge in [0.05, 0.1) is 16.1 Å². The van der Waals surface area contributed by atoms with Crippen molar-refractivity contribution in [2.75, 3.05) is 18.0 Å². The number of sulfonamides is 1. The number of fused-ring (bicyclic) bond motifs is 1. The Labute approximate surface area is 171 Å². The topological polar surface area (TPSA) is 134 Å². The van der Waals surface area contributed by atoms with Crippen molar-refractivity contribution in [1.29, 1.82) is 0 Å². The number of imide groups is 2. The summed E-state index contributed by atoms with van der Waals surface area (Å²) >= 11 is 0. The molecule has 11 heteroatoms. The Morgan fingerprint density at radius 3 is 2.23 bits per heavy atom. The van der Waals surface area contributed by atoms with E-state index in [2.05, 4.69) is 9.71 Å². The van der Waals surface area contributed by atoms with Gasteiger partial charge in [-0.1, -0.05) is 0 Å². The molecule has 0 saturated carbocycles. The van der Waals surface area contributed by atoms with Crippen LogP contribution in [0.2, 0.25) is 0 Å². The summed E-state index contributed by atoms with van der Waals surface area (Å²) in [6.07, 6.45) is 1.67. The second-order valence-electron chi connectivity index (χ2n) is 6.68. The van der Waals surface area contributed by atoms with Crippen molar-refractivity contribution in [1.82, 2.24) is 14.6 Å². The predicted octanol–water partition coefficient (Wildman–Crippen LogP) is 0.309. The van der Waals surface area contributed by atoms with E-state index in [-0.39, 0.29) is 53.9 Å². The highest BCUT2D eigenvalue weighted by Gasteiger charge is 2.36. The highest BCUT2D eigenvalue weighted by molar-refractivity contribution is 7.89. The number of rotatable bonds is 6. The van der Waals surface area contributed by atoms with Crippen LogP contribution < -0.4 is 9.62 Å². The van der Waals surface area contributed by atoms with Crippen LogP contribution in [0.5, 0.6) is 0 Å². The van der Waals surface area contributed by atoms with E-state index < -0.39 is 21.8 Å². The number of amides is 4. The number of nitrogens with zero attached hydrogens (tertiary/aromatic N) is 3. The number of anilines is 1. The lowest BCUT2D eigenvalue weighted by molar-refractivity contribution is -0.121. The van der Waals surface area contributed by atoms with E-state index in [1.165, 1.54) is 36.5 Å². The monoisotopic (exact) mass is 428 g/mol. The molecule has 1 aromatic carbocycles. The van der Waals surface area contributed by atoms with E-state index in [0.717, 1.165) is 9.80 Å². The number of nitrogens with one attached hydrogen (secondary N) is 1. The number of hydrogen-bond acceptors (Lipinski definition) is 7. The fraction of sp³-hybridized carbons (Fsp3) is 0.211. The number of pyridine rings is 1. The SMILES string of the molecule is O=C1c2cccnc2C(=O)N1CCNS(=O)(=O)c1ccc(N2C(=O)CCC2=O)cc1. The van der Waals surface area contributed by atoms with Crippen molar-refractivity contribution in [3.8, 4) is 0 Å². The molecular formula is C19H16N4O6S. The number of carbonyl (C=O) groups is 4. The van der Waals surface area contributed by atoms with Gasteiger partial charge in [-0.05, 0) is 36.4 Å². The third-order valence-electron chi connectivity index (χ3n) is 4.82. The van der Waals surface area contributed by atoms with Gasteiger partial charge < -0.3 is 0 Å². The molecule has 0 spiro atoms. The summed E-state index contributed by atoms with van der Waals surface area (Å²) in [5.74, 6) is -1.75. The Morgan fingerprint density at radius 1 is 0.933 bits per heavy atom. The number of carbonyl (C=O) groups excluding carboxylic acids is 4. The van der Waals surface area contributed by atoms with E-state index in [0.29, 0.717) is 5.69 Å². The molecule has 0 atom stereocenters. The van der Waals surface area contributed by atoms with Crippen LogP contribution in [0.25, 0.3) is 0 Å². The summed E-state index contributed by atoms with van der Waals surface area (Å²) in [4.78, 5) is 53.9. The van der Waals surface area contributed by atoms with Crippen LogP contribution in [-0.4, -0.2) is 55.0 Å². The molecule has 3 heterocycles. The lowest BCUT2D eigenvalue weighted by Gasteiger charge is -2.15. The third kappa shape index (κ3) is 3.37. The van der Waals surface area contributed by atoms with E-state index >= 15 is 0 Å². The Hall–Kier alpha value is -3.44. The van der Waals surface area contributed by atoms with E-state index in [9.17, 15) is 27.6 Å². The molecule has 4 rings (SSSR count). The van der Waals surface area contributed by atoms with Crippen LogP contribution in [0.15, 0.2) is 47.5 Å². The minimum atomic E-state index is -3.92. The summed E-state index contributed by atoms with van der Waals surface area (Å²) in [5, 5.41) is 0. The lowest BCUT2D eigenvalue weighted by Crippen LogP contribution is -2.38. The smallest absolute Gasteiger partial charge is 0.274 e. The first kappa shape index (κ1) is 19.9. The first-order valence-electron chi connectivity index (χ1n) is 9.06. The molecule has 30 heavy (non-hydrogen) atoms. The van der Waals surface area contributed by atoms with Crippen molar-refractivity contribution in [2.45, 2.75) is 17.7 Å². The van der Waals surface area contributed by atoms with Gasteiger partial charge in [-0.2, -0.15) is 0 Å². The molecule has 2 aliphatic rings. The second-order valence-corrected chi connectivity index (χ2v) is 8.44. The van der Waals surface area contributed by atoms with E-state index in [4.69, 9.17) is 0 Å². The quantitative estimate of drug-likeness (QED) is 0.655. The maximum absolute atomic E-state index is 12.5. The molecule has 154 valence electrons. The first-order valence-corrected chi connectivity index (χ1v) is 10.5. The molecule has 1 N–H and O–H groups in total. The summed E-state index contributed by atoms with van der Waals surface area (Å²) in [5.41, 5.74) is 0.541. The molecule has 2 aliphatic heterocycles. The Morgan fingerprint density at radius 2 is 1.60 bits per heavy atom. The van der Waals surface area contributed by atoms with Crippen molar-refractivity contribution < 1.29 is 27.6 Å². The fourth-order valence-corrected chi connectivity index (χ4v) is 4.35. The normalized spacial score (nSPS) is 16.5. The van der Waals surface area contributed by atoms with E-state index in [1.54, 1.807) is 6.07 Å². The van der Waals surface area contributed by atoms with Gasteiger partial charge in [0.15, 0.2) is 0 Å². The summed E-state index contributed by atoms with van der Waals surface area (Å²) in [6.45, 7) is -0.333. The summed E-state index contributed by atoms with van der Waals surface area (Å²) in [7, 11) is -3.92. The maximum Gasteiger partial charge on any atom is 0.280 e. The molecule has 1 saturated heterocycles. The van der Waals surface area contributed by atoms with E-state index in [1.807, 2.05) is 0 Å². The lowest BCUT2D eigenvalue weighted by atomic mass is 10.2. The van der Waals surface area contributed by atoms with Gasteiger partial charge in [-0.25, -0.2) is 13.1 Å². The highest BCUT2D eigenvalue weighted by atomic mass is 32.2. The molecule has 0 radical (unpaired) electrons.